The fourth-order valence-corrected chi connectivity index (χ4v) is 2.45. The number of fused-ring (bicyclic) bond motifs is 1. The molecule has 1 atom stereocenters. The number of nitrogen functional groups attached to an aromatic ring is 1. The van der Waals surface area contributed by atoms with Crippen LogP contribution in [0.25, 0.3) is 10.9 Å². The fraction of sp³-hybridized carbons (Fsp3) is 0.333. The first kappa shape index (κ1) is 8.71. The minimum Gasteiger partial charge on any atom is -0.398 e. The first-order valence-electron chi connectivity index (χ1n) is 8.84. The van der Waals surface area contributed by atoms with Gasteiger partial charge in [-0.1, -0.05) is 6.07 Å². The first-order valence-corrected chi connectivity index (χ1v) is 6.34. The van der Waals surface area contributed by atoms with E-state index in [1.807, 2.05) is 0 Å². The number of hydrogen-bond acceptors (Lipinski definition) is 5. The third-order valence-corrected chi connectivity index (χ3v) is 3.45. The van der Waals surface area contributed by atoms with E-state index in [0.29, 0.717) is 4.57 Å². The van der Waals surface area contributed by atoms with Crippen molar-refractivity contribution in [1.29, 1.82) is 0 Å². The molecule has 0 radical (unpaired) electrons. The molecule has 1 saturated carbocycles. The molecule has 0 amide bonds. The molecular weight excluding hydrogens is 270 g/mol. The molecule has 2 N–H and O–H groups in total. The normalized spacial score (nSPS) is 26.8. The van der Waals surface area contributed by atoms with Crippen molar-refractivity contribution in [3.8, 4) is 0 Å². The topological polar surface area (TPSA) is 95.0 Å². The van der Waals surface area contributed by atoms with Gasteiger partial charge >= 0.3 is 0 Å². The van der Waals surface area contributed by atoms with Crippen LogP contribution in [0.4, 0.5) is 5.69 Å². The van der Waals surface area contributed by atoms with Crippen LogP contribution in [0.1, 0.15) is 38.0 Å². The van der Waals surface area contributed by atoms with E-state index in [1.165, 1.54) is 12.1 Å². The lowest BCUT2D eigenvalue weighted by atomic mass is 9.92. The van der Waals surface area contributed by atoms with Crippen LogP contribution >= 0.6 is 0 Å². The van der Waals surface area contributed by atoms with Crippen LogP contribution in [0.15, 0.2) is 23.0 Å². The Labute approximate surface area is 127 Å². The highest BCUT2D eigenvalue weighted by Gasteiger charge is 2.30. The van der Waals surface area contributed by atoms with E-state index in [9.17, 15) is 14.4 Å². The van der Waals surface area contributed by atoms with Crippen LogP contribution in [0, 0.1) is 6.85 Å². The number of rotatable bonds is 1. The van der Waals surface area contributed by atoms with Crippen LogP contribution in [0.3, 0.4) is 0 Å². The highest BCUT2D eigenvalue weighted by Crippen LogP contribution is 2.24. The molecule has 1 aromatic carbocycles. The summed E-state index contributed by atoms with van der Waals surface area (Å²) in [5, 5.41) is -0.221. The quantitative estimate of drug-likeness (QED) is 0.628. The van der Waals surface area contributed by atoms with Crippen LogP contribution in [0.5, 0.6) is 0 Å². The van der Waals surface area contributed by atoms with E-state index in [2.05, 4.69) is 4.98 Å². The van der Waals surface area contributed by atoms with E-state index < -0.39 is 36.5 Å². The molecule has 6 nitrogen and oxygen atoms in total. The minimum atomic E-state index is -2.88. The summed E-state index contributed by atoms with van der Waals surface area (Å²) in [6.45, 7) is -2.88. The summed E-state index contributed by atoms with van der Waals surface area (Å²) in [4.78, 5) is 40.9. The van der Waals surface area contributed by atoms with Gasteiger partial charge in [0.05, 0.1) is 26.1 Å². The maximum atomic E-state index is 13.1. The van der Waals surface area contributed by atoms with Crippen molar-refractivity contribution >= 4 is 28.2 Å². The van der Waals surface area contributed by atoms with Crippen molar-refractivity contribution < 1.29 is 16.4 Å². The van der Waals surface area contributed by atoms with Crippen molar-refractivity contribution in [2.24, 2.45) is 0 Å². The Morgan fingerprint density at radius 2 is 2.33 bits per heavy atom. The summed E-state index contributed by atoms with van der Waals surface area (Å²) < 4.78 is 39.8. The molecule has 1 aromatic heterocycles. The van der Waals surface area contributed by atoms with E-state index in [-0.39, 0.29) is 41.3 Å². The van der Waals surface area contributed by atoms with Gasteiger partial charge in [-0.25, -0.2) is 4.98 Å². The summed E-state index contributed by atoms with van der Waals surface area (Å²) in [6, 6.07) is 0.144. The maximum Gasteiger partial charge on any atom is 0.264 e. The monoisotopic (exact) mass is 290 g/mol. The van der Waals surface area contributed by atoms with Crippen molar-refractivity contribution in [3.63, 3.8) is 0 Å². The molecule has 2 aromatic rings. The van der Waals surface area contributed by atoms with Gasteiger partial charge in [-0.15, -0.1) is 0 Å². The molecule has 0 saturated heterocycles. The number of carbonyl (C=O) groups is 2. The molecule has 21 heavy (non-hydrogen) atoms. The second kappa shape index (κ2) is 4.80. The van der Waals surface area contributed by atoms with E-state index in [0.717, 1.165) is 0 Å². The molecule has 1 heterocycles. The zero-order chi connectivity index (χ0) is 19.4. The molecule has 1 aliphatic rings. The predicted molar refractivity (Wildman–Crippen MR) is 78.1 cm³/mol. The van der Waals surface area contributed by atoms with E-state index >= 15 is 0 Å². The zero-order valence-corrected chi connectivity index (χ0v) is 11.0. The summed E-state index contributed by atoms with van der Waals surface area (Å²) in [7, 11) is 0. The zero-order valence-electron chi connectivity index (χ0n) is 16.0. The second-order valence-corrected chi connectivity index (χ2v) is 4.81. The number of aromatic nitrogens is 2. The van der Waals surface area contributed by atoms with Crippen LogP contribution in [0.2, 0.25) is 0 Å². The Morgan fingerprint density at radius 3 is 3.05 bits per heavy atom. The molecule has 0 bridgehead atoms. The fourth-order valence-electron chi connectivity index (χ4n) is 2.45. The standard InChI is InChI=1S/C15H15N3O3/c1-8-17-11-4-2-3-10(16)14(11)15(21)18(8)12-6-5-9(19)7-13(12)20/h2-4,12H,5-7,16H2,1H3/i1D3,3D,12D. The molecule has 0 spiro atoms. The summed E-state index contributed by atoms with van der Waals surface area (Å²) >= 11 is 0. The second-order valence-electron chi connectivity index (χ2n) is 4.81. The highest BCUT2D eigenvalue weighted by molar-refractivity contribution is 6.03. The van der Waals surface area contributed by atoms with Crippen LogP contribution in [-0.4, -0.2) is 21.1 Å². The molecule has 1 aliphatic carbocycles. The Bertz CT molecular complexity index is 1010. The van der Waals surface area contributed by atoms with Gasteiger partial charge in [0.15, 0.2) is 5.78 Å². The van der Waals surface area contributed by atoms with Gasteiger partial charge in [0, 0.05) is 16.2 Å². The average molecular weight is 290 g/mol. The Morgan fingerprint density at radius 1 is 1.52 bits per heavy atom. The Hall–Kier alpha value is -2.50. The predicted octanol–water partition coefficient (Wildman–Crippen LogP) is 1.15. The number of nitrogens with two attached hydrogens (primary N) is 1. The van der Waals surface area contributed by atoms with Crippen molar-refractivity contribution in [1.82, 2.24) is 9.55 Å². The highest BCUT2D eigenvalue weighted by atomic mass is 16.2. The number of anilines is 1. The van der Waals surface area contributed by atoms with Gasteiger partial charge in [0.2, 0.25) is 0 Å². The SMILES string of the molecule is [2H]c1ccc2nc(C([2H])([2H])[2H])n(C3([2H])CCC(=O)CC3=O)c(=O)c2c1N. The van der Waals surface area contributed by atoms with Gasteiger partial charge in [-0.05, 0) is 25.4 Å². The lowest BCUT2D eigenvalue weighted by Crippen LogP contribution is -2.36. The van der Waals surface area contributed by atoms with Crippen molar-refractivity contribution in [3.05, 3.63) is 34.4 Å². The van der Waals surface area contributed by atoms with Gasteiger partial charge in [0.1, 0.15) is 11.6 Å². The van der Waals surface area contributed by atoms with Gasteiger partial charge in [-0.2, -0.15) is 0 Å². The largest absolute Gasteiger partial charge is 0.398 e. The van der Waals surface area contributed by atoms with Crippen LogP contribution in [-0.2, 0) is 9.59 Å². The van der Waals surface area contributed by atoms with Crippen LogP contribution < -0.4 is 11.3 Å². The lowest BCUT2D eigenvalue weighted by Gasteiger charge is -2.24. The number of carbonyl (C=O) groups excluding carboxylic acids is 2. The molecular formula is C15H15N3O3. The maximum absolute atomic E-state index is 13.1. The number of nitrogens with zero attached hydrogens (tertiary/aromatic N) is 2. The molecule has 3 rings (SSSR count). The smallest absolute Gasteiger partial charge is 0.264 e. The van der Waals surface area contributed by atoms with Gasteiger partial charge in [-0.3, -0.25) is 19.0 Å². The van der Waals surface area contributed by atoms with Crippen molar-refractivity contribution in [2.45, 2.75) is 32.1 Å². The molecule has 1 fully saturated rings. The third kappa shape index (κ3) is 2.12. The molecule has 0 aliphatic heterocycles. The Balaban J connectivity index is 2.45. The van der Waals surface area contributed by atoms with Gasteiger partial charge in [0.25, 0.3) is 5.56 Å². The Kier molecular flexibility index (Phi) is 1.99. The lowest BCUT2D eigenvalue weighted by molar-refractivity contribution is -0.132. The van der Waals surface area contributed by atoms with Gasteiger partial charge < -0.3 is 5.73 Å². The number of Topliss-reactive ketones (excluding diaryl/α,β-unsaturated/α-hetero) is 2. The number of ketones is 2. The minimum absolute atomic E-state index is 0.0335. The van der Waals surface area contributed by atoms with E-state index in [1.54, 1.807) is 0 Å². The molecule has 108 valence electrons. The third-order valence-electron chi connectivity index (χ3n) is 3.45. The summed E-state index contributed by atoms with van der Waals surface area (Å²) in [5.74, 6) is -1.96. The molecule has 6 heteroatoms. The van der Waals surface area contributed by atoms with E-state index in [4.69, 9.17) is 12.6 Å². The van der Waals surface area contributed by atoms with Crippen molar-refractivity contribution in [2.75, 3.05) is 5.73 Å². The first-order chi connectivity index (χ1) is 12.0. The molecule has 1 unspecified atom stereocenters. The number of aryl methyl sites for hydroxylation is 1. The number of hydrogen-bond donors (Lipinski definition) is 1. The summed E-state index contributed by atoms with van der Waals surface area (Å²) in [6.07, 6.45) is -1.02. The average Bonchev–Trinajstić information content (AvgIpc) is 2.53. The number of benzene rings is 1. The summed E-state index contributed by atoms with van der Waals surface area (Å²) in [5.41, 5.74) is 4.57.